The van der Waals surface area contributed by atoms with Crippen LogP contribution >= 0.6 is 0 Å². The van der Waals surface area contributed by atoms with Crippen molar-refractivity contribution in [1.82, 2.24) is 16.0 Å². The van der Waals surface area contributed by atoms with Gasteiger partial charge in [-0.3, -0.25) is 9.59 Å². The van der Waals surface area contributed by atoms with Gasteiger partial charge < -0.3 is 16.0 Å². The molecule has 1 unspecified atom stereocenters. The molecule has 2 fully saturated rings. The molecule has 0 bridgehead atoms. The average molecular weight is 225 g/mol. The molecule has 0 aromatic rings. The van der Waals surface area contributed by atoms with E-state index in [1.807, 2.05) is 6.92 Å². The third-order valence-electron chi connectivity index (χ3n) is 3.22. The maximum atomic E-state index is 11.8. The number of amides is 2. The van der Waals surface area contributed by atoms with Crippen molar-refractivity contribution in [3.05, 3.63) is 0 Å². The van der Waals surface area contributed by atoms with Crippen molar-refractivity contribution in [3.8, 4) is 0 Å². The summed E-state index contributed by atoms with van der Waals surface area (Å²) >= 11 is 0. The van der Waals surface area contributed by atoms with Crippen molar-refractivity contribution in [2.75, 3.05) is 13.1 Å². The van der Waals surface area contributed by atoms with E-state index in [0.29, 0.717) is 6.04 Å². The van der Waals surface area contributed by atoms with Crippen LogP contribution < -0.4 is 16.0 Å². The molecular formula is C11H19N3O2. The lowest BCUT2D eigenvalue weighted by molar-refractivity contribution is -0.129. The topological polar surface area (TPSA) is 70.2 Å². The summed E-state index contributed by atoms with van der Waals surface area (Å²) in [4.78, 5) is 23.2. The molecule has 2 aliphatic rings. The molecule has 16 heavy (non-hydrogen) atoms. The molecule has 5 nitrogen and oxygen atoms in total. The monoisotopic (exact) mass is 225 g/mol. The predicted molar refractivity (Wildman–Crippen MR) is 59.8 cm³/mol. The van der Waals surface area contributed by atoms with Gasteiger partial charge in [0.15, 0.2) is 0 Å². The normalized spacial score (nSPS) is 28.8. The van der Waals surface area contributed by atoms with Crippen molar-refractivity contribution in [2.45, 2.75) is 44.2 Å². The maximum Gasteiger partial charge on any atom is 0.240 e. The van der Waals surface area contributed by atoms with Gasteiger partial charge in [-0.05, 0) is 39.2 Å². The Morgan fingerprint density at radius 3 is 2.75 bits per heavy atom. The van der Waals surface area contributed by atoms with E-state index in [9.17, 15) is 9.59 Å². The van der Waals surface area contributed by atoms with E-state index < -0.39 is 5.54 Å². The molecule has 1 saturated heterocycles. The lowest BCUT2D eigenvalue weighted by atomic mass is 9.99. The first-order valence-electron chi connectivity index (χ1n) is 5.93. The van der Waals surface area contributed by atoms with Gasteiger partial charge in [-0.1, -0.05) is 0 Å². The molecule has 1 aliphatic heterocycles. The van der Waals surface area contributed by atoms with E-state index in [-0.39, 0.29) is 18.4 Å². The third kappa shape index (κ3) is 2.72. The molecule has 0 radical (unpaired) electrons. The number of nitrogens with one attached hydrogen (secondary N) is 3. The summed E-state index contributed by atoms with van der Waals surface area (Å²) in [6, 6.07) is 0.351. The summed E-state index contributed by atoms with van der Waals surface area (Å²) < 4.78 is 0. The van der Waals surface area contributed by atoms with E-state index in [0.717, 1.165) is 32.2 Å². The molecule has 0 aromatic heterocycles. The van der Waals surface area contributed by atoms with Crippen molar-refractivity contribution in [3.63, 3.8) is 0 Å². The van der Waals surface area contributed by atoms with Gasteiger partial charge in [0.1, 0.15) is 0 Å². The Hall–Kier alpha value is -1.10. The van der Waals surface area contributed by atoms with Gasteiger partial charge in [-0.25, -0.2) is 0 Å². The van der Waals surface area contributed by atoms with Crippen LogP contribution in [0.4, 0.5) is 0 Å². The summed E-state index contributed by atoms with van der Waals surface area (Å²) in [5, 5.41) is 8.69. The number of hydrogen-bond donors (Lipinski definition) is 3. The van der Waals surface area contributed by atoms with Gasteiger partial charge in [0.05, 0.1) is 12.1 Å². The molecule has 0 spiro atoms. The number of hydrogen-bond acceptors (Lipinski definition) is 3. The maximum absolute atomic E-state index is 11.8. The van der Waals surface area contributed by atoms with Crippen molar-refractivity contribution < 1.29 is 9.59 Å². The second-order valence-electron chi connectivity index (χ2n) is 4.89. The quantitative estimate of drug-likeness (QED) is 0.605. The molecule has 5 heteroatoms. The summed E-state index contributed by atoms with van der Waals surface area (Å²) in [5.74, 6) is -0.159. The highest BCUT2D eigenvalue weighted by molar-refractivity contribution is 5.90. The summed E-state index contributed by atoms with van der Waals surface area (Å²) in [6.07, 6.45) is 3.99. The van der Waals surface area contributed by atoms with Crippen LogP contribution in [0.15, 0.2) is 0 Å². The SMILES string of the molecule is CC1(C(=O)NCC(=O)NC2CC2)CCCN1. The molecule has 1 aliphatic carbocycles. The Kier molecular flexibility index (Phi) is 3.14. The van der Waals surface area contributed by atoms with Crippen LogP contribution in [-0.4, -0.2) is 36.5 Å². The molecule has 2 rings (SSSR count). The van der Waals surface area contributed by atoms with Crippen LogP contribution in [0.1, 0.15) is 32.6 Å². The molecule has 1 atom stereocenters. The smallest absolute Gasteiger partial charge is 0.240 e. The minimum Gasteiger partial charge on any atom is -0.352 e. The van der Waals surface area contributed by atoms with E-state index >= 15 is 0 Å². The highest BCUT2D eigenvalue weighted by Gasteiger charge is 2.35. The van der Waals surface area contributed by atoms with Crippen molar-refractivity contribution in [2.24, 2.45) is 0 Å². The zero-order valence-corrected chi connectivity index (χ0v) is 9.64. The molecule has 3 N–H and O–H groups in total. The largest absolute Gasteiger partial charge is 0.352 e. The van der Waals surface area contributed by atoms with Gasteiger partial charge in [0.2, 0.25) is 11.8 Å². The second kappa shape index (κ2) is 4.41. The van der Waals surface area contributed by atoms with Crippen LogP contribution in [0.25, 0.3) is 0 Å². The second-order valence-corrected chi connectivity index (χ2v) is 4.89. The van der Waals surface area contributed by atoms with Crippen molar-refractivity contribution in [1.29, 1.82) is 0 Å². The Bertz CT molecular complexity index is 294. The van der Waals surface area contributed by atoms with Gasteiger partial charge in [-0.15, -0.1) is 0 Å². The van der Waals surface area contributed by atoms with Gasteiger partial charge in [0.25, 0.3) is 0 Å². The Labute approximate surface area is 95.3 Å². The fourth-order valence-corrected chi connectivity index (χ4v) is 1.95. The summed E-state index contributed by atoms with van der Waals surface area (Å²) in [7, 11) is 0. The fourth-order valence-electron chi connectivity index (χ4n) is 1.95. The van der Waals surface area contributed by atoms with E-state index in [2.05, 4.69) is 16.0 Å². The lowest BCUT2D eigenvalue weighted by Crippen LogP contribution is -2.53. The summed E-state index contributed by atoms with van der Waals surface area (Å²) in [6.45, 7) is 2.85. The number of carbonyl (C=O) groups excluding carboxylic acids is 2. The Morgan fingerprint density at radius 1 is 1.44 bits per heavy atom. The predicted octanol–water partition coefficient (Wildman–Crippen LogP) is -0.477. The van der Waals surface area contributed by atoms with Gasteiger partial charge >= 0.3 is 0 Å². The first-order chi connectivity index (χ1) is 7.60. The minimum atomic E-state index is -0.486. The lowest BCUT2D eigenvalue weighted by Gasteiger charge is -2.22. The Balaban J connectivity index is 1.71. The third-order valence-corrected chi connectivity index (χ3v) is 3.22. The fraction of sp³-hybridized carbons (Fsp3) is 0.818. The molecular weight excluding hydrogens is 206 g/mol. The number of rotatable bonds is 4. The van der Waals surface area contributed by atoms with Crippen LogP contribution in [0.3, 0.4) is 0 Å². The molecule has 1 heterocycles. The highest BCUT2D eigenvalue weighted by atomic mass is 16.2. The molecule has 90 valence electrons. The molecule has 1 saturated carbocycles. The zero-order valence-electron chi connectivity index (χ0n) is 9.64. The van der Waals surface area contributed by atoms with Gasteiger partial charge in [0, 0.05) is 6.04 Å². The number of carbonyl (C=O) groups is 2. The van der Waals surface area contributed by atoms with E-state index in [1.54, 1.807) is 0 Å². The first-order valence-corrected chi connectivity index (χ1v) is 5.93. The minimum absolute atomic E-state index is 0.0732. The van der Waals surface area contributed by atoms with Gasteiger partial charge in [-0.2, -0.15) is 0 Å². The van der Waals surface area contributed by atoms with E-state index in [4.69, 9.17) is 0 Å². The van der Waals surface area contributed by atoms with Crippen LogP contribution in [0.2, 0.25) is 0 Å². The summed E-state index contributed by atoms with van der Waals surface area (Å²) in [5.41, 5.74) is -0.486. The zero-order chi connectivity index (χ0) is 11.6. The average Bonchev–Trinajstić information content (AvgIpc) is 2.95. The van der Waals surface area contributed by atoms with Crippen LogP contribution in [-0.2, 0) is 9.59 Å². The molecule has 0 aromatic carbocycles. The highest BCUT2D eigenvalue weighted by Crippen LogP contribution is 2.19. The molecule has 2 amide bonds. The van der Waals surface area contributed by atoms with E-state index in [1.165, 1.54) is 0 Å². The Morgan fingerprint density at radius 2 is 2.19 bits per heavy atom. The first kappa shape index (κ1) is 11.4. The standard InChI is InChI=1S/C11H19N3O2/c1-11(5-2-6-13-11)10(16)12-7-9(15)14-8-3-4-8/h8,13H,2-7H2,1H3,(H,12,16)(H,14,15). The van der Waals surface area contributed by atoms with Crippen LogP contribution in [0, 0.1) is 0 Å². The van der Waals surface area contributed by atoms with Crippen LogP contribution in [0.5, 0.6) is 0 Å². The van der Waals surface area contributed by atoms with Crippen molar-refractivity contribution >= 4 is 11.8 Å².